The van der Waals surface area contributed by atoms with Crippen LogP contribution in [0.1, 0.15) is 46.5 Å². The van der Waals surface area contributed by atoms with Crippen LogP contribution in [0.15, 0.2) is 23.3 Å². The first kappa shape index (κ1) is 23.1. The van der Waals surface area contributed by atoms with E-state index in [9.17, 15) is 9.59 Å². The number of hydrogen-bond donors (Lipinski definition) is 0. The monoisotopic (exact) mass is 431 g/mol. The molecule has 0 bridgehead atoms. The van der Waals surface area contributed by atoms with Crippen molar-refractivity contribution in [2.24, 2.45) is 5.41 Å². The minimum Gasteiger partial charge on any atom is -0.493 e. The number of aromatic nitrogens is 2. The molecule has 1 aliphatic rings. The number of carbonyl (C=O) groups excluding carboxylic acids is 1. The molecule has 1 aromatic carbocycles. The molecule has 1 fully saturated rings. The fourth-order valence-corrected chi connectivity index (χ4v) is 3.53. The fourth-order valence-electron chi connectivity index (χ4n) is 3.53. The van der Waals surface area contributed by atoms with E-state index in [-0.39, 0.29) is 18.3 Å². The van der Waals surface area contributed by atoms with Crippen molar-refractivity contribution in [2.75, 3.05) is 33.4 Å². The van der Waals surface area contributed by atoms with Crippen LogP contribution in [0.25, 0.3) is 10.9 Å². The van der Waals surface area contributed by atoms with Gasteiger partial charge in [-0.2, -0.15) is 0 Å². The van der Waals surface area contributed by atoms with Crippen molar-refractivity contribution in [3.8, 4) is 11.5 Å². The molecule has 2 heterocycles. The molecule has 0 saturated carbocycles. The number of rotatable bonds is 8. The number of ether oxygens (including phenoxy) is 3. The first-order valence-corrected chi connectivity index (χ1v) is 10.9. The van der Waals surface area contributed by atoms with Crippen molar-refractivity contribution in [2.45, 2.75) is 53.2 Å². The Morgan fingerprint density at radius 1 is 1.13 bits per heavy atom. The summed E-state index contributed by atoms with van der Waals surface area (Å²) in [5.74, 6) is 0.664. The number of methoxy groups -OCH3 is 1. The number of carbonyl (C=O) groups is 1. The number of fused-ring (bicyclic) bond motifs is 1. The predicted octanol–water partition coefficient (Wildman–Crippen LogP) is 3.21. The van der Waals surface area contributed by atoms with E-state index in [1.165, 1.54) is 43.2 Å². The second-order valence-corrected chi connectivity index (χ2v) is 8.95. The number of benzene rings is 1. The molecule has 170 valence electrons. The van der Waals surface area contributed by atoms with E-state index in [0.717, 1.165) is 13.0 Å². The molecule has 0 radical (unpaired) electrons. The molecule has 1 aromatic heterocycles. The van der Waals surface area contributed by atoms with Crippen molar-refractivity contribution in [1.29, 1.82) is 0 Å². The van der Waals surface area contributed by atoms with E-state index in [1.54, 1.807) is 40.0 Å². The molecule has 2 aromatic rings. The van der Waals surface area contributed by atoms with Gasteiger partial charge in [-0.1, -0.05) is 6.42 Å². The van der Waals surface area contributed by atoms with E-state index in [1.807, 2.05) is 0 Å². The van der Waals surface area contributed by atoms with Crippen molar-refractivity contribution < 1.29 is 19.0 Å². The zero-order chi connectivity index (χ0) is 22.4. The van der Waals surface area contributed by atoms with Crippen LogP contribution < -0.4 is 15.0 Å². The summed E-state index contributed by atoms with van der Waals surface area (Å²) in [6.07, 6.45) is 6.19. The summed E-state index contributed by atoms with van der Waals surface area (Å²) < 4.78 is 17.9. The van der Waals surface area contributed by atoms with Gasteiger partial charge in [0.25, 0.3) is 5.56 Å². The Labute approximate surface area is 183 Å². The summed E-state index contributed by atoms with van der Waals surface area (Å²) in [6.45, 7) is 9.02. The van der Waals surface area contributed by atoms with Gasteiger partial charge < -0.3 is 19.1 Å². The second-order valence-electron chi connectivity index (χ2n) is 8.95. The molecule has 31 heavy (non-hydrogen) atoms. The quantitative estimate of drug-likeness (QED) is 0.469. The average molecular weight is 432 g/mol. The number of piperidine rings is 1. The van der Waals surface area contributed by atoms with E-state index in [4.69, 9.17) is 14.2 Å². The molecule has 0 spiro atoms. The van der Waals surface area contributed by atoms with Gasteiger partial charge in [0.15, 0.2) is 18.2 Å². The van der Waals surface area contributed by atoms with Crippen LogP contribution in [0.2, 0.25) is 0 Å². The highest BCUT2D eigenvalue weighted by Gasteiger charge is 2.23. The van der Waals surface area contributed by atoms with Gasteiger partial charge in [0.1, 0.15) is 6.33 Å². The zero-order valence-corrected chi connectivity index (χ0v) is 19.0. The van der Waals surface area contributed by atoms with Crippen LogP contribution in [0.4, 0.5) is 0 Å². The van der Waals surface area contributed by atoms with Crippen molar-refractivity contribution in [3.05, 3.63) is 28.8 Å². The van der Waals surface area contributed by atoms with Gasteiger partial charge in [-0.15, -0.1) is 0 Å². The van der Waals surface area contributed by atoms with Gasteiger partial charge >= 0.3 is 5.97 Å². The summed E-state index contributed by atoms with van der Waals surface area (Å²) >= 11 is 0. The van der Waals surface area contributed by atoms with Gasteiger partial charge in [-0.25, -0.2) is 4.98 Å². The third-order valence-electron chi connectivity index (χ3n) is 5.38. The standard InChI is InChI=1S/C23H33N3O5/c1-23(2,3)22(28)31-16-26-15-24-18-14-20(19(29-4)13-17(18)21(26)27)30-12-8-11-25-9-6-5-7-10-25/h13-15H,5-12,16H2,1-4H3. The third kappa shape index (κ3) is 5.97. The highest BCUT2D eigenvalue weighted by atomic mass is 16.5. The Kier molecular flexibility index (Phi) is 7.54. The van der Waals surface area contributed by atoms with Crippen molar-refractivity contribution >= 4 is 16.9 Å². The molecule has 0 aliphatic carbocycles. The lowest BCUT2D eigenvalue weighted by atomic mass is 9.98. The van der Waals surface area contributed by atoms with Gasteiger partial charge in [0.2, 0.25) is 0 Å². The van der Waals surface area contributed by atoms with Gasteiger partial charge in [0.05, 0.1) is 30.0 Å². The first-order valence-electron chi connectivity index (χ1n) is 10.9. The fraction of sp³-hybridized carbons (Fsp3) is 0.609. The van der Waals surface area contributed by atoms with Gasteiger partial charge in [-0.3, -0.25) is 14.2 Å². The Balaban J connectivity index is 1.68. The SMILES string of the molecule is COc1cc2c(=O)n(COC(=O)C(C)(C)C)cnc2cc1OCCCN1CCCCC1. The Morgan fingerprint density at radius 3 is 2.55 bits per heavy atom. The van der Waals surface area contributed by atoms with Crippen LogP contribution in [-0.2, 0) is 16.3 Å². The Hall–Kier alpha value is -2.61. The number of nitrogens with zero attached hydrogens (tertiary/aromatic N) is 3. The topological polar surface area (TPSA) is 82.9 Å². The molecule has 8 nitrogen and oxygen atoms in total. The molecule has 0 atom stereocenters. The molecular formula is C23H33N3O5. The van der Waals surface area contributed by atoms with Crippen LogP contribution in [0, 0.1) is 5.41 Å². The predicted molar refractivity (Wildman–Crippen MR) is 119 cm³/mol. The minimum atomic E-state index is -0.642. The molecule has 1 aliphatic heterocycles. The van der Waals surface area contributed by atoms with E-state index in [0.29, 0.717) is 29.0 Å². The molecular weight excluding hydrogens is 398 g/mol. The summed E-state index contributed by atoms with van der Waals surface area (Å²) in [5, 5.41) is 0.381. The summed E-state index contributed by atoms with van der Waals surface area (Å²) in [4.78, 5) is 31.6. The normalized spacial score (nSPS) is 15.1. The van der Waals surface area contributed by atoms with Gasteiger partial charge in [-0.05, 0) is 59.2 Å². The average Bonchev–Trinajstić information content (AvgIpc) is 2.75. The highest BCUT2D eigenvalue weighted by Crippen LogP contribution is 2.30. The van der Waals surface area contributed by atoms with E-state index >= 15 is 0 Å². The molecule has 0 N–H and O–H groups in total. The van der Waals surface area contributed by atoms with E-state index in [2.05, 4.69) is 9.88 Å². The summed E-state index contributed by atoms with van der Waals surface area (Å²) in [5.41, 5.74) is -0.436. The van der Waals surface area contributed by atoms with Crippen LogP contribution >= 0.6 is 0 Å². The van der Waals surface area contributed by atoms with Crippen molar-refractivity contribution in [1.82, 2.24) is 14.5 Å². The number of likely N-dealkylation sites (tertiary alicyclic amines) is 1. The lowest BCUT2D eigenvalue weighted by Gasteiger charge is -2.26. The number of esters is 1. The lowest BCUT2D eigenvalue weighted by Crippen LogP contribution is -2.31. The smallest absolute Gasteiger partial charge is 0.312 e. The first-order chi connectivity index (χ1) is 14.8. The summed E-state index contributed by atoms with van der Waals surface area (Å²) in [7, 11) is 1.54. The van der Waals surface area contributed by atoms with Crippen LogP contribution in [-0.4, -0.2) is 53.8 Å². The maximum Gasteiger partial charge on any atom is 0.312 e. The van der Waals surface area contributed by atoms with E-state index < -0.39 is 5.41 Å². The minimum absolute atomic E-state index is 0.186. The van der Waals surface area contributed by atoms with Crippen molar-refractivity contribution in [3.63, 3.8) is 0 Å². The van der Waals surface area contributed by atoms with Gasteiger partial charge in [0, 0.05) is 12.6 Å². The van der Waals surface area contributed by atoms with Crippen LogP contribution in [0.3, 0.4) is 0 Å². The summed E-state index contributed by atoms with van der Waals surface area (Å²) in [6, 6.07) is 3.36. The molecule has 3 rings (SSSR count). The Morgan fingerprint density at radius 2 is 1.87 bits per heavy atom. The molecule has 8 heteroatoms. The number of hydrogen-bond acceptors (Lipinski definition) is 7. The van der Waals surface area contributed by atoms with Crippen LogP contribution in [0.5, 0.6) is 11.5 Å². The lowest BCUT2D eigenvalue weighted by molar-refractivity contribution is -0.157. The molecule has 0 unspecified atom stereocenters. The largest absolute Gasteiger partial charge is 0.493 e. The Bertz CT molecular complexity index is 958. The highest BCUT2D eigenvalue weighted by molar-refractivity contribution is 5.81. The molecule has 0 amide bonds. The second kappa shape index (κ2) is 10.1. The maximum atomic E-state index is 12.8. The molecule has 1 saturated heterocycles. The maximum absolute atomic E-state index is 12.8. The third-order valence-corrected chi connectivity index (χ3v) is 5.38. The zero-order valence-electron chi connectivity index (χ0n) is 19.0.